The highest BCUT2D eigenvalue weighted by molar-refractivity contribution is 8.39. The van der Waals surface area contributed by atoms with Crippen LogP contribution in [0.2, 0.25) is 0 Å². The summed E-state index contributed by atoms with van der Waals surface area (Å²) in [5.74, 6) is -0.135. The third-order valence-electron chi connectivity index (χ3n) is 2.64. The van der Waals surface area contributed by atoms with Gasteiger partial charge in [-0.3, -0.25) is 4.57 Å². The molecule has 9 nitrogen and oxygen atoms in total. The number of hydrogen-bond acceptors (Lipinski definition) is 8. The first-order valence-electron chi connectivity index (χ1n) is 5.31. The van der Waals surface area contributed by atoms with Gasteiger partial charge in [0.15, 0.2) is 0 Å². The Morgan fingerprint density at radius 1 is 1.74 bits per heavy atom. The topological polar surface area (TPSA) is 130 Å². The molecule has 3 N–H and O–H groups in total. The van der Waals surface area contributed by atoms with Crippen LogP contribution in [-0.2, 0) is 13.8 Å². The highest BCUT2D eigenvalue weighted by Crippen LogP contribution is 2.38. The monoisotopic (exact) mass is 307 g/mol. The van der Waals surface area contributed by atoms with Gasteiger partial charge < -0.3 is 15.6 Å². The van der Waals surface area contributed by atoms with Crippen molar-refractivity contribution in [3.8, 4) is 0 Å². The summed E-state index contributed by atoms with van der Waals surface area (Å²) >= 11 is 3.64. The number of nitrogen functional groups attached to an aromatic ring is 1. The summed E-state index contributed by atoms with van der Waals surface area (Å²) in [6, 6.07) is 0. The first kappa shape index (κ1) is 14.4. The molecule has 0 bridgehead atoms. The van der Waals surface area contributed by atoms with Crippen molar-refractivity contribution < 1.29 is 18.9 Å². The average molecular weight is 307 g/mol. The summed E-state index contributed by atoms with van der Waals surface area (Å²) in [4.78, 5) is 18.8. The lowest BCUT2D eigenvalue weighted by Gasteiger charge is -2.13. The maximum atomic E-state index is 11.6. The van der Waals surface area contributed by atoms with Gasteiger partial charge in [-0.1, -0.05) is 0 Å². The van der Waals surface area contributed by atoms with Crippen LogP contribution in [0.3, 0.4) is 0 Å². The Labute approximate surface area is 113 Å². The SMILES string of the molecule is Nc1ncn([C@H]2C[C@@H](O[P+](=O)S)[C@@H](CO)O2)c(=O)n1. The number of thiol groups is 1. The minimum atomic E-state index is -2.13. The van der Waals surface area contributed by atoms with E-state index in [0.717, 1.165) is 4.57 Å². The second-order valence-corrected chi connectivity index (χ2v) is 5.50. The summed E-state index contributed by atoms with van der Waals surface area (Å²) in [6.45, 7) is -0.331. The zero-order chi connectivity index (χ0) is 14.0. The number of nitrogens with two attached hydrogens (primary N) is 1. The van der Waals surface area contributed by atoms with Crippen molar-refractivity contribution in [3.05, 3.63) is 16.8 Å². The Morgan fingerprint density at radius 2 is 2.47 bits per heavy atom. The minimum absolute atomic E-state index is 0.135. The number of ether oxygens (including phenoxy) is 1. The number of aliphatic hydroxyl groups excluding tert-OH is 1. The van der Waals surface area contributed by atoms with Crippen LogP contribution in [0.25, 0.3) is 0 Å². The summed E-state index contributed by atoms with van der Waals surface area (Å²) < 4.78 is 22.6. The first-order valence-corrected chi connectivity index (χ1v) is 7.64. The molecule has 0 aromatic carbocycles. The predicted octanol–water partition coefficient (Wildman–Crippen LogP) is -0.527. The molecule has 2 rings (SSSR count). The van der Waals surface area contributed by atoms with Gasteiger partial charge in [0.1, 0.15) is 37.0 Å². The van der Waals surface area contributed by atoms with Gasteiger partial charge in [0.05, 0.1) is 6.61 Å². The van der Waals surface area contributed by atoms with Gasteiger partial charge in [-0.05, 0) is 4.57 Å². The van der Waals surface area contributed by atoms with E-state index in [4.69, 9.17) is 20.1 Å². The molecule has 0 radical (unpaired) electrons. The van der Waals surface area contributed by atoms with Crippen molar-refractivity contribution >= 4 is 25.4 Å². The van der Waals surface area contributed by atoms with Crippen LogP contribution in [0.1, 0.15) is 12.6 Å². The van der Waals surface area contributed by atoms with Gasteiger partial charge in [0, 0.05) is 6.42 Å². The molecule has 1 saturated heterocycles. The third-order valence-corrected chi connectivity index (χ3v) is 3.38. The molecule has 4 atom stereocenters. The van der Waals surface area contributed by atoms with E-state index in [0.29, 0.717) is 0 Å². The molecule has 1 aromatic rings. The number of hydrogen-bond donors (Lipinski definition) is 3. The van der Waals surface area contributed by atoms with Gasteiger partial charge in [0.2, 0.25) is 5.95 Å². The van der Waals surface area contributed by atoms with Crippen molar-refractivity contribution in [3.63, 3.8) is 0 Å². The lowest BCUT2D eigenvalue weighted by Crippen LogP contribution is -2.28. The maximum Gasteiger partial charge on any atom is 0.582 e. The van der Waals surface area contributed by atoms with Crippen molar-refractivity contribution in [2.24, 2.45) is 0 Å². The van der Waals surface area contributed by atoms with E-state index in [1.54, 1.807) is 0 Å². The molecule has 1 aromatic heterocycles. The van der Waals surface area contributed by atoms with Crippen molar-refractivity contribution in [2.75, 3.05) is 12.3 Å². The molecule has 11 heteroatoms. The number of nitrogens with zero attached hydrogens (tertiary/aromatic N) is 3. The number of aromatic nitrogens is 3. The van der Waals surface area contributed by atoms with Crippen LogP contribution in [0.4, 0.5) is 5.95 Å². The van der Waals surface area contributed by atoms with Gasteiger partial charge in [-0.2, -0.15) is 4.98 Å². The fourth-order valence-electron chi connectivity index (χ4n) is 1.81. The fourth-order valence-corrected chi connectivity index (χ4v) is 2.63. The molecule has 0 spiro atoms. The largest absolute Gasteiger partial charge is 0.582 e. The molecular formula is C8H12N4O5PS+. The maximum absolute atomic E-state index is 11.6. The third kappa shape index (κ3) is 3.28. The molecular weight excluding hydrogens is 295 g/mol. The molecule has 104 valence electrons. The zero-order valence-corrected chi connectivity index (χ0v) is 11.4. The van der Waals surface area contributed by atoms with E-state index in [1.807, 2.05) is 0 Å². The summed E-state index contributed by atoms with van der Waals surface area (Å²) in [5.41, 5.74) is 4.66. The molecule has 0 aliphatic carbocycles. The fraction of sp³-hybridized carbons (Fsp3) is 0.625. The van der Waals surface area contributed by atoms with E-state index >= 15 is 0 Å². The lowest BCUT2D eigenvalue weighted by molar-refractivity contribution is -0.0412. The van der Waals surface area contributed by atoms with E-state index in [1.165, 1.54) is 6.33 Å². The molecule has 1 unspecified atom stereocenters. The molecule has 1 fully saturated rings. The minimum Gasteiger partial charge on any atom is -0.394 e. The Bertz CT molecular complexity index is 540. The highest BCUT2D eigenvalue weighted by Gasteiger charge is 2.41. The van der Waals surface area contributed by atoms with Crippen LogP contribution >= 0.6 is 19.5 Å². The van der Waals surface area contributed by atoms with Gasteiger partial charge >= 0.3 is 12.9 Å². The van der Waals surface area contributed by atoms with Crippen molar-refractivity contribution in [2.45, 2.75) is 24.9 Å². The molecule has 1 aliphatic heterocycles. The van der Waals surface area contributed by atoms with Crippen molar-refractivity contribution in [1.82, 2.24) is 14.5 Å². The molecule has 19 heavy (non-hydrogen) atoms. The van der Waals surface area contributed by atoms with Crippen LogP contribution in [-0.4, -0.2) is 38.5 Å². The Balaban J connectivity index is 2.19. The van der Waals surface area contributed by atoms with Crippen LogP contribution in [0.5, 0.6) is 0 Å². The van der Waals surface area contributed by atoms with Gasteiger partial charge in [0.25, 0.3) is 0 Å². The van der Waals surface area contributed by atoms with E-state index in [-0.39, 0.29) is 19.0 Å². The lowest BCUT2D eigenvalue weighted by atomic mass is 10.2. The number of aliphatic hydroxyl groups is 1. The summed E-state index contributed by atoms with van der Waals surface area (Å²) in [7, 11) is -2.13. The molecule has 2 heterocycles. The standard InChI is InChI=1S/C8H11N4O5PS/c9-7-10-3-12(8(14)11-7)6-1-4(17-18(15)19)5(2-13)16-6/h3-6,13H,1-2H2,(H2-,9,11,14,15,19)/p+1/t4-,5-,6-/m1/s1. The van der Waals surface area contributed by atoms with Gasteiger partial charge in [-0.15, -0.1) is 4.52 Å². The van der Waals surface area contributed by atoms with E-state index in [2.05, 4.69) is 22.2 Å². The molecule has 0 saturated carbocycles. The highest BCUT2D eigenvalue weighted by atomic mass is 32.7. The number of anilines is 1. The quantitative estimate of drug-likeness (QED) is 0.500. The Kier molecular flexibility index (Phi) is 4.48. The second-order valence-electron chi connectivity index (χ2n) is 3.83. The van der Waals surface area contributed by atoms with E-state index in [9.17, 15) is 9.36 Å². The van der Waals surface area contributed by atoms with E-state index < -0.39 is 31.4 Å². The Hall–Kier alpha value is -1.06. The van der Waals surface area contributed by atoms with Gasteiger partial charge in [-0.25, -0.2) is 9.78 Å². The predicted molar refractivity (Wildman–Crippen MR) is 67.8 cm³/mol. The zero-order valence-electron chi connectivity index (χ0n) is 9.62. The van der Waals surface area contributed by atoms with Crippen molar-refractivity contribution in [1.29, 1.82) is 0 Å². The molecule has 1 aliphatic rings. The Morgan fingerprint density at radius 3 is 3.05 bits per heavy atom. The number of rotatable bonds is 4. The van der Waals surface area contributed by atoms with Crippen LogP contribution < -0.4 is 11.4 Å². The second kappa shape index (κ2) is 5.93. The smallest absolute Gasteiger partial charge is 0.394 e. The van der Waals surface area contributed by atoms with Crippen LogP contribution in [0.15, 0.2) is 11.1 Å². The first-order chi connectivity index (χ1) is 9.01. The molecule has 0 amide bonds. The van der Waals surface area contributed by atoms with Crippen LogP contribution in [0, 0.1) is 0 Å². The average Bonchev–Trinajstić information content (AvgIpc) is 2.71. The summed E-state index contributed by atoms with van der Waals surface area (Å²) in [5, 5.41) is 9.16. The normalized spacial score (nSPS) is 27.5. The summed E-state index contributed by atoms with van der Waals surface area (Å²) in [6.07, 6.45) is -0.605.